The van der Waals surface area contributed by atoms with Crippen molar-refractivity contribution in [2.75, 3.05) is 5.32 Å². The van der Waals surface area contributed by atoms with E-state index in [1.165, 1.54) is 46.1 Å². The van der Waals surface area contributed by atoms with Gasteiger partial charge in [-0.2, -0.15) is 5.10 Å². The number of H-pyrrole nitrogens is 1. The molecule has 1 amide bonds. The van der Waals surface area contributed by atoms with Gasteiger partial charge in [-0.25, -0.2) is 9.67 Å². The molecule has 4 N–H and O–H groups in total. The number of carbonyl (C=O) groups excluding carboxylic acids is 2. The molecule has 1 unspecified atom stereocenters. The highest BCUT2D eigenvalue weighted by Gasteiger charge is 2.28. The topological polar surface area (TPSA) is 136 Å². The van der Waals surface area contributed by atoms with E-state index in [1.54, 1.807) is 26.0 Å². The molecule has 0 fully saturated rings. The largest absolute Gasteiger partial charge is 0.320 e. The van der Waals surface area contributed by atoms with Crippen LogP contribution in [0.2, 0.25) is 0 Å². The molecule has 31 heavy (non-hydrogen) atoms. The number of anilines is 1. The van der Waals surface area contributed by atoms with Gasteiger partial charge in [-0.05, 0) is 38.0 Å². The molecule has 0 saturated heterocycles. The summed E-state index contributed by atoms with van der Waals surface area (Å²) in [7, 11) is 0. The van der Waals surface area contributed by atoms with Crippen molar-refractivity contribution >= 4 is 51.5 Å². The number of amides is 1. The fourth-order valence-electron chi connectivity index (χ4n) is 2.56. The second-order valence-corrected chi connectivity index (χ2v) is 10.00. The number of carbonyl (C=O) groups is 2. The van der Waals surface area contributed by atoms with Crippen molar-refractivity contribution in [1.82, 2.24) is 19.7 Å². The summed E-state index contributed by atoms with van der Waals surface area (Å²) in [6.07, 6.45) is 5.96. The summed E-state index contributed by atoms with van der Waals surface area (Å²) in [4.78, 5) is 44.5. The molecule has 0 bridgehead atoms. The molecule has 0 aliphatic heterocycles. The van der Waals surface area contributed by atoms with E-state index >= 15 is 0 Å². The van der Waals surface area contributed by atoms with E-state index in [2.05, 4.69) is 20.4 Å². The summed E-state index contributed by atoms with van der Waals surface area (Å²) in [5, 5.41) is 7.47. The molecule has 0 saturated carbocycles. The first-order valence-electron chi connectivity index (χ1n) is 9.56. The Kier molecular flexibility index (Phi) is 6.68. The van der Waals surface area contributed by atoms with E-state index in [1.807, 2.05) is 19.9 Å². The number of ketones is 1. The van der Waals surface area contributed by atoms with Crippen LogP contribution in [0.4, 0.5) is 5.00 Å². The zero-order valence-electron chi connectivity index (χ0n) is 17.6. The summed E-state index contributed by atoms with van der Waals surface area (Å²) >= 11 is 2.52. The van der Waals surface area contributed by atoms with Crippen LogP contribution in [0, 0.1) is 5.92 Å². The maximum atomic E-state index is 12.7. The van der Waals surface area contributed by atoms with Gasteiger partial charge in [0.05, 0.1) is 20.2 Å². The number of nitrogens with zero attached hydrogens (tertiary/aromatic N) is 3. The minimum atomic E-state index is -0.932. The molecule has 1 atom stereocenters. The summed E-state index contributed by atoms with van der Waals surface area (Å²) in [5.41, 5.74) is 4.64. The predicted octanol–water partition coefficient (Wildman–Crippen LogP) is 0.625. The van der Waals surface area contributed by atoms with Gasteiger partial charge in [-0.15, -0.1) is 22.7 Å². The lowest BCUT2D eigenvalue weighted by Crippen LogP contribution is -2.39. The first-order chi connectivity index (χ1) is 14.6. The molecule has 0 spiro atoms. The van der Waals surface area contributed by atoms with E-state index in [0.717, 1.165) is 4.88 Å². The van der Waals surface area contributed by atoms with Gasteiger partial charge in [-0.3, -0.25) is 14.4 Å². The van der Waals surface area contributed by atoms with Crippen LogP contribution in [0.25, 0.3) is 12.2 Å². The number of aromatic amines is 1. The molecule has 0 radical (unpaired) electrons. The van der Waals surface area contributed by atoms with Crippen LogP contribution < -0.4 is 25.8 Å². The Morgan fingerprint density at radius 3 is 2.68 bits per heavy atom. The van der Waals surface area contributed by atoms with Crippen LogP contribution in [0.1, 0.15) is 32.6 Å². The average molecular weight is 461 g/mol. The average Bonchev–Trinajstić information content (AvgIpc) is 3.44. The molecule has 0 aliphatic rings. The Bertz CT molecular complexity index is 1250. The number of aromatic nitrogens is 4. The second-order valence-electron chi connectivity index (χ2n) is 7.80. The molecule has 164 valence electrons. The van der Waals surface area contributed by atoms with Gasteiger partial charge in [0.2, 0.25) is 5.91 Å². The van der Waals surface area contributed by atoms with Crippen LogP contribution in [0.15, 0.2) is 29.6 Å². The summed E-state index contributed by atoms with van der Waals surface area (Å²) < 4.78 is 2.37. The minimum absolute atomic E-state index is 0.0302. The van der Waals surface area contributed by atoms with Crippen LogP contribution in [0.3, 0.4) is 0 Å². The molecule has 3 aromatic rings. The van der Waals surface area contributed by atoms with Crippen LogP contribution in [0.5, 0.6) is 0 Å². The first-order valence-corrected chi connectivity index (χ1v) is 11.2. The molecule has 3 rings (SSSR count). The van der Waals surface area contributed by atoms with Gasteiger partial charge >= 0.3 is 0 Å². The minimum Gasteiger partial charge on any atom is -0.320 e. The van der Waals surface area contributed by atoms with Crippen molar-refractivity contribution in [1.29, 1.82) is 0 Å². The predicted molar refractivity (Wildman–Crippen MR) is 122 cm³/mol. The third-order valence-corrected chi connectivity index (χ3v) is 6.62. The SMILES string of the molecule is CC(C)C(N)C(=O)Nc1ccc(/C=c2\s/c(=C/C(=O)C(C)(C)n3cncn3)[nH]c2=O)s1. The Morgan fingerprint density at radius 2 is 2.03 bits per heavy atom. The zero-order valence-corrected chi connectivity index (χ0v) is 19.2. The van der Waals surface area contributed by atoms with Crippen molar-refractivity contribution in [2.24, 2.45) is 11.7 Å². The van der Waals surface area contributed by atoms with Gasteiger partial charge in [-0.1, -0.05) is 13.8 Å². The number of thiophene rings is 1. The van der Waals surface area contributed by atoms with Crippen molar-refractivity contribution < 1.29 is 9.59 Å². The molecule has 3 aromatic heterocycles. The van der Waals surface area contributed by atoms with Crippen molar-refractivity contribution in [3.05, 3.63) is 49.2 Å². The Labute approximate surface area is 186 Å². The fourth-order valence-corrected chi connectivity index (χ4v) is 4.37. The van der Waals surface area contributed by atoms with E-state index in [0.29, 0.717) is 14.2 Å². The van der Waals surface area contributed by atoms with E-state index in [-0.39, 0.29) is 23.2 Å². The monoisotopic (exact) mass is 460 g/mol. The van der Waals surface area contributed by atoms with Crippen molar-refractivity contribution in [2.45, 2.75) is 39.3 Å². The lowest BCUT2D eigenvalue weighted by atomic mass is 10.00. The highest BCUT2D eigenvalue weighted by Crippen LogP contribution is 2.22. The number of thiazole rings is 1. The maximum Gasteiger partial charge on any atom is 0.266 e. The molecule has 11 heteroatoms. The van der Waals surface area contributed by atoms with E-state index < -0.39 is 11.6 Å². The van der Waals surface area contributed by atoms with Gasteiger partial charge < -0.3 is 16.0 Å². The highest BCUT2D eigenvalue weighted by molar-refractivity contribution is 7.17. The third kappa shape index (κ3) is 5.24. The van der Waals surface area contributed by atoms with E-state index in [4.69, 9.17) is 5.73 Å². The summed E-state index contributed by atoms with van der Waals surface area (Å²) in [6, 6.07) is 2.98. The third-order valence-electron chi connectivity index (χ3n) is 4.70. The number of Topliss-reactive ketones (excluding diaryl/α,β-unsaturated/α-hetero) is 1. The Morgan fingerprint density at radius 1 is 1.29 bits per heavy atom. The quantitative estimate of drug-likeness (QED) is 0.473. The second kappa shape index (κ2) is 9.08. The van der Waals surface area contributed by atoms with Gasteiger partial charge in [0.1, 0.15) is 18.2 Å². The van der Waals surface area contributed by atoms with Crippen LogP contribution >= 0.6 is 22.7 Å². The van der Waals surface area contributed by atoms with Crippen LogP contribution in [-0.2, 0) is 15.1 Å². The summed E-state index contributed by atoms with van der Waals surface area (Å²) in [5.74, 6) is -0.435. The van der Waals surface area contributed by atoms with Crippen LogP contribution in [-0.4, -0.2) is 37.5 Å². The number of hydrogen-bond donors (Lipinski definition) is 3. The zero-order chi connectivity index (χ0) is 22.8. The highest BCUT2D eigenvalue weighted by atomic mass is 32.1. The number of rotatable bonds is 7. The maximum absolute atomic E-state index is 12.7. The van der Waals surface area contributed by atoms with E-state index in [9.17, 15) is 14.4 Å². The number of nitrogens with one attached hydrogen (secondary N) is 2. The summed E-state index contributed by atoms with van der Waals surface area (Å²) in [6.45, 7) is 7.22. The fraction of sp³-hybridized carbons (Fsp3) is 0.350. The standard InChI is InChI=1S/C20H24N6O3S2/c1-11(2)17(21)19(29)24-15-6-5-12(30-15)7-13-18(28)25-16(31-13)8-14(27)20(3,4)26-10-22-9-23-26/h5-11,17H,21H2,1-4H3,(H,24,29)(H,25,28)/b13-7-,16-8+. The first kappa shape index (κ1) is 22.8. The van der Waals surface area contributed by atoms with Crippen molar-refractivity contribution in [3.8, 4) is 0 Å². The molecule has 0 aromatic carbocycles. The van der Waals surface area contributed by atoms with Gasteiger partial charge in [0.15, 0.2) is 5.78 Å². The number of hydrogen-bond acceptors (Lipinski definition) is 8. The molecular weight excluding hydrogens is 436 g/mol. The van der Waals surface area contributed by atoms with Gasteiger partial charge in [0, 0.05) is 11.0 Å². The molecule has 3 heterocycles. The Hall–Kier alpha value is -2.89. The number of nitrogens with two attached hydrogens (primary N) is 1. The lowest BCUT2D eigenvalue weighted by Gasteiger charge is -2.20. The molecule has 9 nitrogen and oxygen atoms in total. The normalized spacial score (nSPS) is 14.3. The molecule has 0 aliphatic carbocycles. The molecular formula is C20H24N6O3S2. The van der Waals surface area contributed by atoms with Gasteiger partial charge in [0.25, 0.3) is 5.56 Å². The Balaban J connectivity index is 1.82. The smallest absolute Gasteiger partial charge is 0.266 e. The lowest BCUT2D eigenvalue weighted by molar-refractivity contribution is -0.120. The van der Waals surface area contributed by atoms with Crippen molar-refractivity contribution in [3.63, 3.8) is 0 Å².